The highest BCUT2D eigenvalue weighted by Crippen LogP contribution is 2.14. The Morgan fingerprint density at radius 2 is 1.71 bits per heavy atom. The van der Waals surface area contributed by atoms with Crippen LogP contribution in [0.2, 0.25) is 0 Å². The van der Waals surface area contributed by atoms with E-state index in [0.29, 0.717) is 30.7 Å². The van der Waals surface area contributed by atoms with Crippen LogP contribution in [0.15, 0.2) is 29.2 Å². The molecule has 3 N–H and O–H groups in total. The van der Waals surface area contributed by atoms with E-state index in [1.165, 1.54) is 0 Å². The second-order valence-electron chi connectivity index (χ2n) is 5.63. The zero-order valence-corrected chi connectivity index (χ0v) is 14.2. The second-order valence-corrected chi connectivity index (χ2v) is 7.37. The first-order valence-electron chi connectivity index (χ1n) is 7.33. The molecule has 0 fully saturated rings. The van der Waals surface area contributed by atoms with Gasteiger partial charge in [0, 0.05) is 31.7 Å². The van der Waals surface area contributed by atoms with Gasteiger partial charge in [-0.1, -0.05) is 18.2 Å². The Morgan fingerprint density at radius 3 is 2.24 bits per heavy atom. The topological polar surface area (TPSA) is 75.4 Å². The maximum absolute atomic E-state index is 12.3. The van der Waals surface area contributed by atoms with Gasteiger partial charge in [0.25, 0.3) is 0 Å². The quantitative estimate of drug-likeness (QED) is 0.763. The molecule has 0 amide bonds. The molecule has 0 radical (unpaired) electrons. The molecule has 21 heavy (non-hydrogen) atoms. The molecule has 0 bridgehead atoms. The first-order chi connectivity index (χ1) is 9.79. The zero-order valence-electron chi connectivity index (χ0n) is 13.3. The van der Waals surface area contributed by atoms with Crippen LogP contribution in [-0.2, 0) is 16.6 Å². The summed E-state index contributed by atoms with van der Waals surface area (Å²) in [4.78, 5) is 2.52. The Labute approximate surface area is 128 Å². The normalized spacial score (nSPS) is 12.6. The van der Waals surface area contributed by atoms with Gasteiger partial charge in [0.05, 0.1) is 4.90 Å². The van der Waals surface area contributed by atoms with Gasteiger partial charge in [0.2, 0.25) is 10.0 Å². The van der Waals surface area contributed by atoms with Crippen LogP contribution in [0.4, 0.5) is 0 Å². The van der Waals surface area contributed by atoms with Crippen molar-refractivity contribution < 1.29 is 8.42 Å². The molecule has 120 valence electrons. The van der Waals surface area contributed by atoms with Crippen LogP contribution in [0.3, 0.4) is 0 Å². The summed E-state index contributed by atoms with van der Waals surface area (Å²) in [6.07, 6.45) is 0. The van der Waals surface area contributed by atoms with Gasteiger partial charge >= 0.3 is 0 Å². The number of hydrogen-bond acceptors (Lipinski definition) is 4. The van der Waals surface area contributed by atoms with Crippen LogP contribution in [-0.4, -0.2) is 38.5 Å². The number of nitrogens with two attached hydrogens (primary N) is 1. The molecule has 5 nitrogen and oxygen atoms in total. The van der Waals surface area contributed by atoms with Crippen molar-refractivity contribution in [3.8, 4) is 0 Å². The predicted octanol–water partition coefficient (Wildman–Crippen LogP) is 1.54. The highest BCUT2D eigenvalue weighted by atomic mass is 32.2. The maximum Gasteiger partial charge on any atom is 0.240 e. The molecule has 0 aliphatic heterocycles. The Bertz CT molecular complexity index is 534. The van der Waals surface area contributed by atoms with Crippen LogP contribution >= 0.6 is 0 Å². The lowest BCUT2D eigenvalue weighted by Crippen LogP contribution is -2.42. The van der Waals surface area contributed by atoms with Gasteiger partial charge in [0.15, 0.2) is 0 Å². The van der Waals surface area contributed by atoms with Crippen LogP contribution in [0.1, 0.15) is 33.3 Å². The first-order valence-corrected chi connectivity index (χ1v) is 8.81. The second kappa shape index (κ2) is 7.89. The van der Waals surface area contributed by atoms with Gasteiger partial charge < -0.3 is 5.73 Å². The van der Waals surface area contributed by atoms with E-state index in [2.05, 4.69) is 37.3 Å². The van der Waals surface area contributed by atoms with E-state index in [0.717, 1.165) is 0 Å². The molecule has 1 aromatic rings. The van der Waals surface area contributed by atoms with Gasteiger partial charge in [-0.05, 0) is 39.3 Å². The fourth-order valence-electron chi connectivity index (χ4n) is 2.43. The molecule has 0 saturated heterocycles. The Morgan fingerprint density at radius 1 is 1.14 bits per heavy atom. The minimum atomic E-state index is -3.51. The molecular weight excluding hydrogens is 286 g/mol. The minimum absolute atomic E-state index is 0.210. The fraction of sp³-hybridized carbons (Fsp3) is 0.600. The number of benzene rings is 1. The van der Waals surface area contributed by atoms with Crippen molar-refractivity contribution in [1.29, 1.82) is 0 Å². The van der Waals surface area contributed by atoms with E-state index in [4.69, 9.17) is 5.73 Å². The van der Waals surface area contributed by atoms with Crippen molar-refractivity contribution in [3.63, 3.8) is 0 Å². The highest BCUT2D eigenvalue weighted by Gasteiger charge is 2.18. The van der Waals surface area contributed by atoms with E-state index in [9.17, 15) is 8.42 Å². The third-order valence-corrected chi connectivity index (χ3v) is 5.03. The average molecular weight is 313 g/mol. The molecule has 0 saturated carbocycles. The van der Waals surface area contributed by atoms with Crippen molar-refractivity contribution in [2.24, 2.45) is 5.73 Å². The molecule has 1 rings (SSSR count). The summed E-state index contributed by atoms with van der Waals surface area (Å²) < 4.78 is 27.4. The fourth-order valence-corrected chi connectivity index (χ4v) is 3.70. The maximum atomic E-state index is 12.3. The number of nitrogens with one attached hydrogen (secondary N) is 1. The van der Waals surface area contributed by atoms with Gasteiger partial charge in [-0.2, -0.15) is 0 Å². The molecule has 0 atom stereocenters. The van der Waals surface area contributed by atoms with E-state index in [1.54, 1.807) is 24.3 Å². The summed E-state index contributed by atoms with van der Waals surface area (Å²) in [5.74, 6) is 0. The van der Waals surface area contributed by atoms with Crippen molar-refractivity contribution in [1.82, 2.24) is 9.62 Å². The number of rotatable bonds is 8. The van der Waals surface area contributed by atoms with Crippen LogP contribution in [0.25, 0.3) is 0 Å². The predicted molar refractivity (Wildman–Crippen MR) is 86.5 cm³/mol. The SMILES string of the molecule is CC(C)N(CCNS(=O)(=O)c1ccccc1CN)C(C)C. The number of hydrogen-bond donors (Lipinski definition) is 2. The number of nitrogens with zero attached hydrogens (tertiary/aromatic N) is 1. The standard InChI is InChI=1S/C15H27N3O2S/c1-12(2)18(13(3)4)10-9-17-21(19,20)15-8-6-5-7-14(15)11-16/h5-8,12-13,17H,9-11,16H2,1-4H3. The lowest BCUT2D eigenvalue weighted by molar-refractivity contribution is 0.179. The van der Waals surface area contributed by atoms with E-state index in [1.807, 2.05) is 0 Å². The molecule has 0 aliphatic rings. The van der Waals surface area contributed by atoms with E-state index >= 15 is 0 Å². The van der Waals surface area contributed by atoms with E-state index < -0.39 is 10.0 Å². The van der Waals surface area contributed by atoms with Crippen LogP contribution in [0, 0.1) is 0 Å². The van der Waals surface area contributed by atoms with Gasteiger partial charge in [0.1, 0.15) is 0 Å². The Balaban J connectivity index is 2.74. The van der Waals surface area contributed by atoms with Crippen molar-refractivity contribution in [2.45, 2.75) is 51.2 Å². The summed E-state index contributed by atoms with van der Waals surface area (Å²) >= 11 is 0. The summed E-state index contributed by atoms with van der Waals surface area (Å²) in [6, 6.07) is 7.59. The minimum Gasteiger partial charge on any atom is -0.326 e. The van der Waals surface area contributed by atoms with Crippen molar-refractivity contribution in [2.75, 3.05) is 13.1 Å². The number of sulfonamides is 1. The van der Waals surface area contributed by atoms with E-state index in [-0.39, 0.29) is 11.4 Å². The summed E-state index contributed by atoms with van der Waals surface area (Å²) in [7, 11) is -3.51. The smallest absolute Gasteiger partial charge is 0.240 e. The average Bonchev–Trinajstić information content (AvgIpc) is 2.42. The molecule has 0 aromatic heterocycles. The largest absolute Gasteiger partial charge is 0.326 e. The first kappa shape index (κ1) is 18.1. The molecule has 0 unspecified atom stereocenters. The molecule has 0 heterocycles. The van der Waals surface area contributed by atoms with Gasteiger partial charge in [-0.25, -0.2) is 13.1 Å². The van der Waals surface area contributed by atoms with Crippen molar-refractivity contribution in [3.05, 3.63) is 29.8 Å². The Hall–Kier alpha value is -0.950. The molecule has 1 aromatic carbocycles. The third-order valence-electron chi connectivity index (χ3n) is 3.47. The summed E-state index contributed by atoms with van der Waals surface area (Å²) in [6.45, 7) is 9.71. The third kappa shape index (κ3) is 5.07. The lowest BCUT2D eigenvalue weighted by Gasteiger charge is -2.30. The highest BCUT2D eigenvalue weighted by molar-refractivity contribution is 7.89. The van der Waals surface area contributed by atoms with Crippen molar-refractivity contribution >= 4 is 10.0 Å². The van der Waals surface area contributed by atoms with Gasteiger partial charge in [-0.15, -0.1) is 0 Å². The summed E-state index contributed by atoms with van der Waals surface area (Å²) in [5, 5.41) is 0. The van der Waals surface area contributed by atoms with Crippen LogP contribution < -0.4 is 10.5 Å². The Kier molecular flexibility index (Phi) is 6.80. The molecular formula is C15H27N3O2S. The molecule has 0 aliphatic carbocycles. The molecule has 6 heteroatoms. The molecule has 0 spiro atoms. The van der Waals surface area contributed by atoms with Crippen LogP contribution in [0.5, 0.6) is 0 Å². The van der Waals surface area contributed by atoms with Gasteiger partial charge in [-0.3, -0.25) is 4.90 Å². The lowest BCUT2D eigenvalue weighted by atomic mass is 10.2. The summed E-state index contributed by atoms with van der Waals surface area (Å²) in [5.41, 5.74) is 6.24. The monoisotopic (exact) mass is 313 g/mol. The zero-order chi connectivity index (χ0) is 16.0.